The summed E-state index contributed by atoms with van der Waals surface area (Å²) in [6.07, 6.45) is 5.74. The van der Waals surface area contributed by atoms with Gasteiger partial charge in [0.1, 0.15) is 5.82 Å². The lowest BCUT2D eigenvalue weighted by molar-refractivity contribution is 0.507. The van der Waals surface area contributed by atoms with Gasteiger partial charge in [0.25, 0.3) is 0 Å². The molecule has 0 saturated heterocycles. The zero-order chi connectivity index (χ0) is 10.8. The van der Waals surface area contributed by atoms with Crippen LogP contribution in [0, 0.1) is 12.8 Å². The summed E-state index contributed by atoms with van der Waals surface area (Å²) < 4.78 is 0. The number of alkyl halides is 1. The lowest BCUT2D eigenvalue weighted by Crippen LogP contribution is -2.09. The van der Waals surface area contributed by atoms with Crippen LogP contribution in [0.4, 0.5) is 0 Å². The molecule has 1 heterocycles. The van der Waals surface area contributed by atoms with Crippen molar-refractivity contribution in [3.63, 3.8) is 0 Å². The van der Waals surface area contributed by atoms with Crippen LogP contribution in [0.25, 0.3) is 0 Å². The van der Waals surface area contributed by atoms with Gasteiger partial charge in [-0.15, -0.1) is 11.6 Å². The monoisotopic (exact) mass is 224 g/mol. The quantitative estimate of drug-likeness (QED) is 0.720. The van der Waals surface area contributed by atoms with Crippen LogP contribution < -0.4 is 0 Å². The first-order valence-electron chi connectivity index (χ1n) is 5.60. The molecule has 1 aromatic rings. The van der Waals surface area contributed by atoms with Gasteiger partial charge in [0.2, 0.25) is 0 Å². The van der Waals surface area contributed by atoms with E-state index in [9.17, 15) is 0 Å². The smallest absolute Gasteiger partial charge is 0.131 e. The molecule has 2 atom stereocenters. The Labute approximate surface area is 96.1 Å². The molecule has 0 bridgehead atoms. The summed E-state index contributed by atoms with van der Waals surface area (Å²) in [5, 5.41) is 0. The topological polar surface area (TPSA) is 25.8 Å². The first-order chi connectivity index (χ1) is 7.22. The highest BCUT2D eigenvalue weighted by molar-refractivity contribution is 6.16. The van der Waals surface area contributed by atoms with Gasteiger partial charge in [-0.25, -0.2) is 9.97 Å². The third kappa shape index (κ3) is 2.15. The van der Waals surface area contributed by atoms with Crippen LogP contribution in [-0.4, -0.2) is 9.97 Å². The van der Waals surface area contributed by atoms with Crippen molar-refractivity contribution >= 4 is 11.6 Å². The molecule has 0 aromatic carbocycles. The van der Waals surface area contributed by atoms with Crippen molar-refractivity contribution in [2.24, 2.45) is 5.92 Å². The molecule has 3 heteroatoms. The second-order valence-electron chi connectivity index (χ2n) is 4.51. The Hall–Kier alpha value is -0.630. The summed E-state index contributed by atoms with van der Waals surface area (Å²) >= 11 is 5.86. The fraction of sp³-hybridized carbons (Fsp3) is 0.667. The molecule has 1 aliphatic carbocycles. The van der Waals surface area contributed by atoms with Gasteiger partial charge in [0.15, 0.2) is 0 Å². The summed E-state index contributed by atoms with van der Waals surface area (Å²) in [7, 11) is 0. The number of hydrogen-bond acceptors (Lipinski definition) is 2. The van der Waals surface area contributed by atoms with Crippen molar-refractivity contribution in [1.82, 2.24) is 9.97 Å². The van der Waals surface area contributed by atoms with Crippen LogP contribution in [0.1, 0.15) is 49.2 Å². The highest BCUT2D eigenvalue weighted by atomic mass is 35.5. The molecule has 1 fully saturated rings. The number of rotatable bonds is 2. The largest absolute Gasteiger partial charge is 0.241 e. The second-order valence-corrected chi connectivity index (χ2v) is 4.77. The van der Waals surface area contributed by atoms with Crippen LogP contribution in [0.15, 0.2) is 6.20 Å². The molecule has 1 aliphatic rings. The third-order valence-electron chi connectivity index (χ3n) is 3.41. The number of halogens is 1. The van der Waals surface area contributed by atoms with Gasteiger partial charge in [0, 0.05) is 12.1 Å². The molecule has 1 saturated carbocycles. The summed E-state index contributed by atoms with van der Waals surface area (Å²) in [6.45, 7) is 4.31. The van der Waals surface area contributed by atoms with Crippen molar-refractivity contribution in [3.05, 3.63) is 23.3 Å². The van der Waals surface area contributed by atoms with E-state index in [0.29, 0.717) is 11.8 Å². The van der Waals surface area contributed by atoms with E-state index in [2.05, 4.69) is 16.9 Å². The number of aryl methyl sites for hydroxylation is 1. The first kappa shape index (κ1) is 10.9. The Bertz CT molecular complexity index is 351. The molecule has 1 aromatic heterocycles. The molecule has 0 radical (unpaired) electrons. The summed E-state index contributed by atoms with van der Waals surface area (Å²) in [6, 6.07) is 0. The lowest BCUT2D eigenvalue weighted by Gasteiger charge is -2.14. The van der Waals surface area contributed by atoms with Crippen molar-refractivity contribution in [2.75, 3.05) is 0 Å². The minimum absolute atomic E-state index is 0.489. The summed E-state index contributed by atoms with van der Waals surface area (Å²) in [5.74, 6) is 2.76. The molecule has 82 valence electrons. The van der Waals surface area contributed by atoms with E-state index in [1.165, 1.54) is 19.3 Å². The van der Waals surface area contributed by atoms with Gasteiger partial charge in [-0.2, -0.15) is 0 Å². The van der Waals surface area contributed by atoms with Gasteiger partial charge in [0.05, 0.1) is 11.6 Å². The van der Waals surface area contributed by atoms with Gasteiger partial charge >= 0.3 is 0 Å². The van der Waals surface area contributed by atoms with E-state index in [1.54, 1.807) is 0 Å². The molecule has 0 spiro atoms. The maximum atomic E-state index is 5.86. The van der Waals surface area contributed by atoms with Crippen LogP contribution in [0.3, 0.4) is 0 Å². The molecule has 15 heavy (non-hydrogen) atoms. The molecule has 0 amide bonds. The van der Waals surface area contributed by atoms with Crippen LogP contribution in [-0.2, 0) is 5.88 Å². The molecular weight excluding hydrogens is 208 g/mol. The molecule has 2 nitrogen and oxygen atoms in total. The number of hydrogen-bond donors (Lipinski definition) is 0. The van der Waals surface area contributed by atoms with E-state index in [4.69, 9.17) is 11.6 Å². The minimum Gasteiger partial charge on any atom is -0.241 e. The normalized spacial score (nSPS) is 25.8. The second kappa shape index (κ2) is 4.48. The summed E-state index contributed by atoms with van der Waals surface area (Å²) in [4.78, 5) is 9.03. The average Bonchev–Trinajstić information content (AvgIpc) is 2.65. The zero-order valence-corrected chi connectivity index (χ0v) is 10.1. The molecule has 0 N–H and O–H groups in total. The van der Waals surface area contributed by atoms with Crippen LogP contribution in [0.5, 0.6) is 0 Å². The van der Waals surface area contributed by atoms with Gasteiger partial charge in [-0.05, 0) is 31.2 Å². The maximum Gasteiger partial charge on any atom is 0.131 e. The minimum atomic E-state index is 0.489. The Morgan fingerprint density at radius 2 is 2.27 bits per heavy atom. The zero-order valence-electron chi connectivity index (χ0n) is 9.33. The molecular formula is C12H17ClN2. The van der Waals surface area contributed by atoms with Crippen molar-refractivity contribution in [1.29, 1.82) is 0 Å². The van der Waals surface area contributed by atoms with E-state index in [-0.39, 0.29) is 0 Å². The third-order valence-corrected chi connectivity index (χ3v) is 3.67. The van der Waals surface area contributed by atoms with Gasteiger partial charge < -0.3 is 0 Å². The maximum absolute atomic E-state index is 5.86. The van der Waals surface area contributed by atoms with Crippen LogP contribution in [0.2, 0.25) is 0 Å². The van der Waals surface area contributed by atoms with E-state index in [1.807, 2.05) is 13.1 Å². The Balaban J connectivity index is 2.28. The van der Waals surface area contributed by atoms with E-state index in [0.717, 1.165) is 23.0 Å². The average molecular weight is 225 g/mol. The first-order valence-corrected chi connectivity index (χ1v) is 6.14. The fourth-order valence-electron chi connectivity index (χ4n) is 2.34. The SMILES string of the molecule is Cc1cnc(C2CCCC2C)nc1CCl. The molecule has 2 unspecified atom stereocenters. The van der Waals surface area contributed by atoms with E-state index < -0.39 is 0 Å². The number of nitrogens with zero attached hydrogens (tertiary/aromatic N) is 2. The number of aromatic nitrogens is 2. The Kier molecular flexibility index (Phi) is 3.25. The van der Waals surface area contributed by atoms with E-state index >= 15 is 0 Å². The van der Waals surface area contributed by atoms with Crippen molar-refractivity contribution < 1.29 is 0 Å². The highest BCUT2D eigenvalue weighted by Crippen LogP contribution is 2.37. The van der Waals surface area contributed by atoms with Crippen molar-refractivity contribution in [2.45, 2.75) is 44.9 Å². The van der Waals surface area contributed by atoms with Crippen LogP contribution >= 0.6 is 11.6 Å². The molecule has 2 rings (SSSR count). The fourth-order valence-corrected chi connectivity index (χ4v) is 2.61. The summed E-state index contributed by atoms with van der Waals surface area (Å²) in [5.41, 5.74) is 2.08. The Morgan fingerprint density at radius 1 is 1.47 bits per heavy atom. The standard InChI is InChI=1S/C12H17ClN2/c1-8-4-3-5-10(8)12-14-7-9(2)11(6-13)15-12/h7-8,10H,3-6H2,1-2H3. The Morgan fingerprint density at radius 3 is 2.87 bits per heavy atom. The highest BCUT2D eigenvalue weighted by Gasteiger charge is 2.27. The lowest BCUT2D eigenvalue weighted by atomic mass is 9.97. The predicted molar refractivity (Wildman–Crippen MR) is 62.1 cm³/mol. The van der Waals surface area contributed by atoms with Gasteiger partial charge in [-0.1, -0.05) is 13.3 Å². The molecule has 0 aliphatic heterocycles. The van der Waals surface area contributed by atoms with Gasteiger partial charge in [-0.3, -0.25) is 0 Å². The predicted octanol–water partition coefficient (Wildman–Crippen LogP) is 3.43. The van der Waals surface area contributed by atoms with Crippen molar-refractivity contribution in [3.8, 4) is 0 Å².